The summed E-state index contributed by atoms with van der Waals surface area (Å²) in [5, 5.41) is 6.38. The number of methoxy groups -OCH3 is 1. The van der Waals surface area contributed by atoms with Crippen molar-refractivity contribution >= 4 is 40.0 Å². The average molecular weight is 500 g/mol. The van der Waals surface area contributed by atoms with Gasteiger partial charge in [-0.1, -0.05) is 12.1 Å². The molecule has 150 valence electrons. The molecular weight excluding hydrogens is 471 g/mol. The van der Waals surface area contributed by atoms with Gasteiger partial charge in [-0.05, 0) is 31.2 Å². The molecule has 0 saturated carbocycles. The minimum Gasteiger partial charge on any atom is -0.382 e. The van der Waals surface area contributed by atoms with Crippen LogP contribution in [0.5, 0.6) is 0 Å². The molecule has 8 nitrogen and oxygen atoms in total. The van der Waals surface area contributed by atoms with Crippen molar-refractivity contribution in [3.8, 4) is 0 Å². The monoisotopic (exact) mass is 500 g/mol. The Hall–Kier alpha value is -0.950. The molecule has 0 aliphatic heterocycles. The first-order chi connectivity index (χ1) is 12.0. The smallest absolute Gasteiger partial charge is 0.240 e. The molecule has 0 aromatic heterocycles. The topological polar surface area (TPSA) is 101 Å². The molecular formula is C16H29IN4O4S. The van der Waals surface area contributed by atoms with E-state index >= 15 is 0 Å². The highest BCUT2D eigenvalue weighted by molar-refractivity contribution is 14.0. The molecule has 1 aromatic carbocycles. The summed E-state index contributed by atoms with van der Waals surface area (Å²) in [7, 11) is 1.34. The second-order valence-electron chi connectivity index (χ2n) is 5.16. The van der Waals surface area contributed by atoms with Crippen LogP contribution in [0.4, 0.5) is 0 Å². The number of halogens is 1. The number of nitrogens with zero attached hydrogens (tertiary/aromatic N) is 1. The summed E-state index contributed by atoms with van der Waals surface area (Å²) in [5.74, 6) is 0.684. The van der Waals surface area contributed by atoms with Gasteiger partial charge in [-0.25, -0.2) is 13.1 Å². The van der Waals surface area contributed by atoms with Crippen LogP contribution in [0.1, 0.15) is 12.0 Å². The van der Waals surface area contributed by atoms with Crippen molar-refractivity contribution in [1.82, 2.24) is 15.4 Å². The quantitative estimate of drug-likeness (QED) is 0.181. The molecule has 0 spiro atoms. The second-order valence-corrected chi connectivity index (χ2v) is 7.05. The van der Waals surface area contributed by atoms with Crippen molar-refractivity contribution in [2.45, 2.75) is 17.9 Å². The highest BCUT2D eigenvalue weighted by Crippen LogP contribution is 2.09. The Balaban J connectivity index is 0.00000625. The van der Waals surface area contributed by atoms with Crippen LogP contribution < -0.4 is 15.4 Å². The second kappa shape index (κ2) is 14.2. The first-order valence-corrected chi connectivity index (χ1v) is 9.55. The van der Waals surface area contributed by atoms with E-state index in [1.54, 1.807) is 38.4 Å². The van der Waals surface area contributed by atoms with E-state index in [0.29, 0.717) is 32.3 Å². The maximum absolute atomic E-state index is 11.7. The summed E-state index contributed by atoms with van der Waals surface area (Å²) in [5.41, 5.74) is 0.959. The van der Waals surface area contributed by atoms with Crippen LogP contribution in [-0.4, -0.2) is 61.9 Å². The molecule has 3 N–H and O–H groups in total. The van der Waals surface area contributed by atoms with E-state index in [2.05, 4.69) is 20.3 Å². The van der Waals surface area contributed by atoms with Gasteiger partial charge < -0.3 is 20.1 Å². The number of ether oxygens (including phenoxy) is 2. The third-order valence-electron chi connectivity index (χ3n) is 3.38. The zero-order chi connectivity index (χ0) is 18.5. The molecule has 0 aliphatic rings. The Morgan fingerprint density at radius 3 is 2.38 bits per heavy atom. The molecule has 0 amide bonds. The SMILES string of the molecule is CN=C(NCCCOCCOC)NCc1ccc(S(=O)(=O)NC)cc1.I. The molecule has 0 bridgehead atoms. The third-order valence-corrected chi connectivity index (χ3v) is 4.81. The van der Waals surface area contributed by atoms with Crippen molar-refractivity contribution < 1.29 is 17.9 Å². The van der Waals surface area contributed by atoms with Crippen LogP contribution >= 0.6 is 24.0 Å². The molecule has 26 heavy (non-hydrogen) atoms. The number of guanidine groups is 1. The summed E-state index contributed by atoms with van der Waals surface area (Å²) in [6.07, 6.45) is 0.862. The number of aliphatic imine (C=N–C) groups is 1. The first kappa shape index (κ1) is 25.1. The lowest BCUT2D eigenvalue weighted by Gasteiger charge is -2.12. The number of hydrogen-bond acceptors (Lipinski definition) is 5. The van der Waals surface area contributed by atoms with Gasteiger partial charge >= 0.3 is 0 Å². The number of benzene rings is 1. The molecule has 0 fully saturated rings. The average Bonchev–Trinajstić information content (AvgIpc) is 2.63. The van der Waals surface area contributed by atoms with Gasteiger partial charge in [0.05, 0.1) is 18.1 Å². The Morgan fingerprint density at radius 1 is 1.12 bits per heavy atom. The predicted molar refractivity (Wildman–Crippen MR) is 114 cm³/mol. The third kappa shape index (κ3) is 9.67. The van der Waals surface area contributed by atoms with Crippen molar-refractivity contribution in [2.75, 3.05) is 47.6 Å². The van der Waals surface area contributed by atoms with Crippen molar-refractivity contribution in [2.24, 2.45) is 4.99 Å². The predicted octanol–water partition coefficient (Wildman–Crippen LogP) is 0.931. The van der Waals surface area contributed by atoms with E-state index in [4.69, 9.17) is 9.47 Å². The molecule has 0 aliphatic carbocycles. The van der Waals surface area contributed by atoms with Gasteiger partial charge in [0.25, 0.3) is 0 Å². The van der Waals surface area contributed by atoms with E-state index < -0.39 is 10.0 Å². The minimum atomic E-state index is -3.40. The summed E-state index contributed by atoms with van der Waals surface area (Å²) < 4.78 is 35.9. The van der Waals surface area contributed by atoms with Gasteiger partial charge in [0.2, 0.25) is 10.0 Å². The molecule has 0 heterocycles. The summed E-state index contributed by atoms with van der Waals surface area (Å²) in [6.45, 7) is 3.15. The zero-order valence-electron chi connectivity index (χ0n) is 15.4. The lowest BCUT2D eigenvalue weighted by atomic mass is 10.2. The molecule has 0 atom stereocenters. The van der Waals surface area contributed by atoms with Crippen LogP contribution in [0.15, 0.2) is 34.2 Å². The number of rotatable bonds is 11. The number of sulfonamides is 1. The Morgan fingerprint density at radius 2 is 1.81 bits per heavy atom. The molecule has 10 heteroatoms. The van der Waals surface area contributed by atoms with Crippen molar-refractivity contribution in [3.63, 3.8) is 0 Å². The molecule has 0 saturated heterocycles. The van der Waals surface area contributed by atoms with E-state index in [0.717, 1.165) is 18.5 Å². The Bertz CT molecular complexity index is 624. The summed E-state index contributed by atoms with van der Waals surface area (Å²) in [6, 6.07) is 6.70. The van der Waals surface area contributed by atoms with E-state index in [-0.39, 0.29) is 28.9 Å². The first-order valence-electron chi connectivity index (χ1n) is 8.07. The number of nitrogens with one attached hydrogen (secondary N) is 3. The fourth-order valence-corrected chi connectivity index (χ4v) is 2.67. The molecule has 0 radical (unpaired) electrons. The molecule has 1 aromatic rings. The van der Waals surface area contributed by atoms with Crippen molar-refractivity contribution in [1.29, 1.82) is 0 Å². The fraction of sp³-hybridized carbons (Fsp3) is 0.562. The Kier molecular flexibility index (Phi) is 13.6. The zero-order valence-corrected chi connectivity index (χ0v) is 18.6. The van der Waals surface area contributed by atoms with Gasteiger partial charge in [0.15, 0.2) is 5.96 Å². The minimum absolute atomic E-state index is 0. The van der Waals surface area contributed by atoms with Crippen LogP contribution in [0.2, 0.25) is 0 Å². The van der Waals surface area contributed by atoms with E-state index in [9.17, 15) is 8.42 Å². The number of hydrogen-bond donors (Lipinski definition) is 3. The van der Waals surface area contributed by atoms with Gasteiger partial charge in [-0.2, -0.15) is 0 Å². The van der Waals surface area contributed by atoms with E-state index in [1.165, 1.54) is 7.05 Å². The highest BCUT2D eigenvalue weighted by Gasteiger charge is 2.10. The highest BCUT2D eigenvalue weighted by atomic mass is 127. The summed E-state index contributed by atoms with van der Waals surface area (Å²) in [4.78, 5) is 4.39. The standard InChI is InChI=1S/C16H28N4O4S.HI/c1-17-16(19-9-4-10-24-12-11-23-3)20-13-14-5-7-15(8-6-14)25(21,22)18-2;/h5-8,18H,4,9-13H2,1-3H3,(H2,17,19,20);1H. The maximum Gasteiger partial charge on any atom is 0.240 e. The normalized spacial score (nSPS) is 11.7. The van der Waals surface area contributed by atoms with E-state index in [1.807, 2.05) is 0 Å². The lowest BCUT2D eigenvalue weighted by Crippen LogP contribution is -2.37. The summed E-state index contributed by atoms with van der Waals surface area (Å²) >= 11 is 0. The molecule has 0 unspecified atom stereocenters. The van der Waals surface area contributed by atoms with Gasteiger partial charge in [0.1, 0.15) is 0 Å². The maximum atomic E-state index is 11.7. The van der Waals surface area contributed by atoms with Crippen LogP contribution in [0.3, 0.4) is 0 Å². The lowest BCUT2D eigenvalue weighted by molar-refractivity contribution is 0.0698. The van der Waals surface area contributed by atoms with Gasteiger partial charge in [-0.3, -0.25) is 4.99 Å². The van der Waals surface area contributed by atoms with Crippen LogP contribution in [0.25, 0.3) is 0 Å². The largest absolute Gasteiger partial charge is 0.382 e. The van der Waals surface area contributed by atoms with Crippen LogP contribution in [-0.2, 0) is 26.0 Å². The van der Waals surface area contributed by atoms with Crippen LogP contribution in [0, 0.1) is 0 Å². The molecule has 1 rings (SSSR count). The van der Waals surface area contributed by atoms with Crippen molar-refractivity contribution in [3.05, 3.63) is 29.8 Å². The fourth-order valence-electron chi connectivity index (χ4n) is 1.94. The van der Waals surface area contributed by atoms with Gasteiger partial charge in [-0.15, -0.1) is 24.0 Å². The van der Waals surface area contributed by atoms with Gasteiger partial charge in [0, 0.05) is 33.9 Å². The Labute approximate surface area is 173 Å².